The molecule has 3 aromatic rings. The summed E-state index contributed by atoms with van der Waals surface area (Å²) >= 11 is 7.85. The summed E-state index contributed by atoms with van der Waals surface area (Å²) in [6.07, 6.45) is 1.10. The molecule has 3 heteroatoms. The summed E-state index contributed by atoms with van der Waals surface area (Å²) in [5.74, 6) is 0. The number of hydrogen-bond donors (Lipinski definition) is 0. The minimum Gasteiger partial charge on any atom is -0.135 e. The second-order valence-corrected chi connectivity index (χ2v) is 7.20. The summed E-state index contributed by atoms with van der Waals surface area (Å²) in [6, 6.07) is 11.2. The minimum atomic E-state index is 1.10. The Balaban J connectivity index is 2.44. The smallest absolute Gasteiger partial charge is 0.0366 e. The van der Waals surface area contributed by atoms with Crippen LogP contribution in [0.25, 0.3) is 20.2 Å². The average molecular weight is 417 g/mol. The molecule has 0 spiro atoms. The highest BCUT2D eigenvalue weighted by Gasteiger charge is 2.08. The zero-order valence-electron chi connectivity index (χ0n) is 9.26. The molecule has 0 aliphatic carbocycles. The molecule has 1 heterocycles. The number of halogens is 2. The van der Waals surface area contributed by atoms with E-state index in [1.54, 1.807) is 0 Å². The van der Waals surface area contributed by atoms with Crippen LogP contribution in [0.5, 0.6) is 0 Å². The van der Waals surface area contributed by atoms with Gasteiger partial charge in [0.15, 0.2) is 0 Å². The van der Waals surface area contributed by atoms with E-state index in [4.69, 9.17) is 0 Å². The highest BCUT2D eigenvalue weighted by molar-refractivity contribution is 14.1. The van der Waals surface area contributed by atoms with Crippen LogP contribution >= 0.6 is 49.9 Å². The van der Waals surface area contributed by atoms with Gasteiger partial charge in [0.1, 0.15) is 0 Å². The average Bonchev–Trinajstić information content (AvgIpc) is 2.63. The normalized spacial score (nSPS) is 11.5. The van der Waals surface area contributed by atoms with Gasteiger partial charge in [0.05, 0.1) is 0 Å². The fourth-order valence-corrected chi connectivity index (χ4v) is 4.83. The zero-order chi connectivity index (χ0) is 12.0. The third-order valence-electron chi connectivity index (χ3n) is 2.98. The van der Waals surface area contributed by atoms with Crippen molar-refractivity contribution in [1.82, 2.24) is 0 Å². The number of aryl methyl sites for hydroxylation is 1. The van der Waals surface area contributed by atoms with E-state index in [0.717, 1.165) is 10.9 Å². The molecule has 0 saturated carbocycles. The molecule has 0 aliphatic heterocycles. The van der Waals surface area contributed by atoms with Gasteiger partial charge < -0.3 is 0 Å². The molecule has 86 valence electrons. The molecule has 0 unspecified atom stereocenters. The lowest BCUT2D eigenvalue weighted by atomic mass is 10.1. The van der Waals surface area contributed by atoms with Crippen molar-refractivity contribution in [2.24, 2.45) is 0 Å². The maximum absolute atomic E-state index is 3.54. The first-order valence-electron chi connectivity index (χ1n) is 5.49. The summed E-state index contributed by atoms with van der Waals surface area (Å²) in [7, 11) is 0. The predicted octanol–water partition coefficient (Wildman–Crippen LogP) is 5.98. The van der Waals surface area contributed by atoms with Crippen LogP contribution in [0.4, 0.5) is 0 Å². The molecular weight excluding hydrogens is 407 g/mol. The Morgan fingerprint density at radius 1 is 1.12 bits per heavy atom. The molecule has 0 nitrogen and oxygen atoms in total. The van der Waals surface area contributed by atoms with E-state index in [9.17, 15) is 0 Å². The Hall–Kier alpha value is -0.130. The van der Waals surface area contributed by atoms with Crippen LogP contribution in [0.3, 0.4) is 0 Å². The monoisotopic (exact) mass is 416 g/mol. The van der Waals surface area contributed by atoms with Gasteiger partial charge in [-0.1, -0.05) is 28.9 Å². The molecule has 0 aliphatic rings. The lowest BCUT2D eigenvalue weighted by molar-refractivity contribution is 1.13. The number of hydrogen-bond acceptors (Lipinski definition) is 1. The summed E-state index contributed by atoms with van der Waals surface area (Å²) in [5, 5.41) is 2.77. The molecule has 0 atom stereocenters. The molecule has 0 N–H and O–H groups in total. The van der Waals surface area contributed by atoms with Crippen molar-refractivity contribution in [1.29, 1.82) is 0 Å². The van der Waals surface area contributed by atoms with E-state index in [0.29, 0.717) is 0 Å². The van der Waals surface area contributed by atoms with Crippen molar-refractivity contribution in [3.05, 3.63) is 43.9 Å². The number of thiophene rings is 1. The summed E-state index contributed by atoms with van der Waals surface area (Å²) in [5.41, 5.74) is 1.45. The Bertz CT molecular complexity index is 715. The first kappa shape index (κ1) is 11.9. The van der Waals surface area contributed by atoms with Crippen molar-refractivity contribution in [3.63, 3.8) is 0 Å². The SMILES string of the molecule is CCc1cc2c(cc1I)sc1cc(Br)ccc12. The lowest BCUT2D eigenvalue weighted by Crippen LogP contribution is -1.84. The zero-order valence-corrected chi connectivity index (χ0v) is 13.8. The highest BCUT2D eigenvalue weighted by Crippen LogP contribution is 2.37. The quantitative estimate of drug-likeness (QED) is 0.428. The second-order valence-electron chi connectivity index (χ2n) is 4.04. The van der Waals surface area contributed by atoms with Gasteiger partial charge >= 0.3 is 0 Å². The molecule has 0 radical (unpaired) electrons. The Labute approximate surface area is 126 Å². The molecule has 2 aromatic carbocycles. The fourth-order valence-electron chi connectivity index (χ4n) is 2.09. The summed E-state index contributed by atoms with van der Waals surface area (Å²) in [6.45, 7) is 2.22. The maximum Gasteiger partial charge on any atom is 0.0366 e. The summed E-state index contributed by atoms with van der Waals surface area (Å²) < 4.78 is 5.28. The fraction of sp³-hybridized carbons (Fsp3) is 0.143. The lowest BCUT2D eigenvalue weighted by Gasteiger charge is -2.01. The van der Waals surface area contributed by atoms with Crippen LogP contribution in [-0.4, -0.2) is 0 Å². The molecule has 0 saturated heterocycles. The summed E-state index contributed by atoms with van der Waals surface area (Å²) in [4.78, 5) is 0. The number of fused-ring (bicyclic) bond motifs is 3. The van der Waals surface area contributed by atoms with Crippen LogP contribution in [-0.2, 0) is 6.42 Å². The molecule has 3 rings (SSSR count). The third-order valence-corrected chi connectivity index (χ3v) is 5.60. The standard InChI is InChI=1S/C14H10BrIS/c1-2-8-5-11-10-4-3-9(15)6-13(10)17-14(11)7-12(8)16/h3-7H,2H2,1H3. The van der Waals surface area contributed by atoms with Gasteiger partial charge in [-0.3, -0.25) is 0 Å². The van der Waals surface area contributed by atoms with Crippen LogP contribution in [0.15, 0.2) is 34.8 Å². The topological polar surface area (TPSA) is 0 Å². The van der Waals surface area contributed by atoms with Crippen LogP contribution < -0.4 is 0 Å². The predicted molar refractivity (Wildman–Crippen MR) is 89.1 cm³/mol. The molecule has 0 amide bonds. The van der Waals surface area contributed by atoms with Gasteiger partial charge in [0, 0.05) is 28.2 Å². The minimum absolute atomic E-state index is 1.10. The van der Waals surface area contributed by atoms with E-state index in [1.807, 2.05) is 11.3 Å². The largest absolute Gasteiger partial charge is 0.135 e. The van der Waals surface area contributed by atoms with Gasteiger partial charge in [-0.15, -0.1) is 11.3 Å². The Kier molecular flexibility index (Phi) is 3.17. The molecule has 17 heavy (non-hydrogen) atoms. The first-order chi connectivity index (χ1) is 8.19. The van der Waals surface area contributed by atoms with Gasteiger partial charge in [0.2, 0.25) is 0 Å². The molecular formula is C14H10BrIS. The molecule has 1 aromatic heterocycles. The Morgan fingerprint density at radius 3 is 2.65 bits per heavy atom. The van der Waals surface area contributed by atoms with Gasteiger partial charge in [0.25, 0.3) is 0 Å². The third kappa shape index (κ3) is 2.02. The van der Waals surface area contributed by atoms with E-state index in [2.05, 4.69) is 75.8 Å². The molecule has 0 fully saturated rings. The highest BCUT2D eigenvalue weighted by atomic mass is 127. The van der Waals surface area contributed by atoms with Crippen molar-refractivity contribution in [3.8, 4) is 0 Å². The van der Waals surface area contributed by atoms with E-state index in [1.165, 1.54) is 29.3 Å². The molecule has 0 bridgehead atoms. The second kappa shape index (κ2) is 4.52. The van der Waals surface area contributed by atoms with Crippen molar-refractivity contribution in [2.45, 2.75) is 13.3 Å². The van der Waals surface area contributed by atoms with Crippen molar-refractivity contribution < 1.29 is 0 Å². The van der Waals surface area contributed by atoms with Crippen LogP contribution in [0.1, 0.15) is 12.5 Å². The van der Waals surface area contributed by atoms with Gasteiger partial charge in [-0.05, 0) is 58.8 Å². The number of benzene rings is 2. The van der Waals surface area contributed by atoms with E-state index >= 15 is 0 Å². The van der Waals surface area contributed by atoms with Gasteiger partial charge in [-0.25, -0.2) is 0 Å². The van der Waals surface area contributed by atoms with Crippen LogP contribution in [0, 0.1) is 3.57 Å². The van der Waals surface area contributed by atoms with E-state index < -0.39 is 0 Å². The first-order valence-corrected chi connectivity index (χ1v) is 8.18. The number of rotatable bonds is 1. The maximum atomic E-state index is 3.54. The van der Waals surface area contributed by atoms with Crippen molar-refractivity contribution in [2.75, 3.05) is 0 Å². The van der Waals surface area contributed by atoms with Crippen molar-refractivity contribution >= 4 is 70.0 Å². The van der Waals surface area contributed by atoms with Gasteiger partial charge in [-0.2, -0.15) is 0 Å². The van der Waals surface area contributed by atoms with Crippen LogP contribution in [0.2, 0.25) is 0 Å². The van der Waals surface area contributed by atoms with E-state index in [-0.39, 0.29) is 0 Å². The Morgan fingerprint density at radius 2 is 1.88 bits per heavy atom.